The van der Waals surface area contributed by atoms with Gasteiger partial charge in [0.1, 0.15) is 5.75 Å². The molecule has 32 heavy (non-hydrogen) atoms. The highest BCUT2D eigenvalue weighted by Crippen LogP contribution is 2.25. The van der Waals surface area contributed by atoms with Crippen molar-refractivity contribution in [1.82, 2.24) is 29.4 Å². The second kappa shape index (κ2) is 8.46. The van der Waals surface area contributed by atoms with Gasteiger partial charge in [-0.1, -0.05) is 49.0 Å². The first-order valence-electron chi connectivity index (χ1n) is 10.1. The van der Waals surface area contributed by atoms with Crippen molar-refractivity contribution < 1.29 is 9.15 Å². The number of thioether (sulfide) groups is 1. The summed E-state index contributed by atoms with van der Waals surface area (Å²) in [5, 5.41) is 18.0. The number of ether oxygens (including phenoxy) is 1. The summed E-state index contributed by atoms with van der Waals surface area (Å²) >= 11 is 1.43. The zero-order valence-corrected chi connectivity index (χ0v) is 18.4. The van der Waals surface area contributed by atoms with E-state index in [1.54, 1.807) is 11.7 Å². The van der Waals surface area contributed by atoms with Crippen LogP contribution in [0.5, 0.6) is 5.75 Å². The Morgan fingerprint density at radius 2 is 1.78 bits per heavy atom. The Balaban J connectivity index is 1.62. The van der Waals surface area contributed by atoms with Crippen LogP contribution in [0.25, 0.3) is 16.7 Å². The third-order valence-electron chi connectivity index (χ3n) is 5.14. The molecular weight excluding hydrogens is 428 g/mol. The van der Waals surface area contributed by atoms with Crippen LogP contribution in [-0.2, 0) is 18.7 Å². The number of rotatable bonds is 7. The Bertz CT molecular complexity index is 1470. The van der Waals surface area contributed by atoms with Crippen LogP contribution in [0.1, 0.15) is 24.3 Å². The number of methoxy groups -OCH3 is 1. The zero-order chi connectivity index (χ0) is 22.1. The lowest BCUT2D eigenvalue weighted by Crippen LogP contribution is -2.24. The molecule has 0 atom stereocenters. The molecule has 0 amide bonds. The van der Waals surface area contributed by atoms with E-state index in [4.69, 9.17) is 9.15 Å². The molecule has 5 aromatic rings. The Kier molecular flexibility index (Phi) is 5.36. The zero-order valence-electron chi connectivity index (χ0n) is 17.6. The molecule has 0 radical (unpaired) electrons. The van der Waals surface area contributed by atoms with Crippen LogP contribution in [0.4, 0.5) is 0 Å². The van der Waals surface area contributed by atoms with E-state index in [2.05, 4.69) is 20.4 Å². The fourth-order valence-electron chi connectivity index (χ4n) is 3.59. The quantitative estimate of drug-likeness (QED) is 0.350. The maximum Gasteiger partial charge on any atom is 0.263 e. The third kappa shape index (κ3) is 3.52. The number of para-hydroxylation sites is 2. The van der Waals surface area contributed by atoms with Crippen molar-refractivity contribution in [3.63, 3.8) is 0 Å². The standard InChI is InChI=1S/C22H20N6O3S/c1-3-18-23-24-19(31-18)13-32-22-26-25-21-27(12-14-8-4-7-11-17(14)30-2)20(29)15-9-5-6-10-16(15)28(21)22/h4-11H,3,12-13H2,1-2H3. The summed E-state index contributed by atoms with van der Waals surface area (Å²) in [5.41, 5.74) is 1.49. The molecule has 9 nitrogen and oxygen atoms in total. The number of aromatic nitrogens is 6. The summed E-state index contributed by atoms with van der Waals surface area (Å²) in [7, 11) is 1.62. The van der Waals surface area contributed by atoms with Gasteiger partial charge in [0, 0.05) is 12.0 Å². The largest absolute Gasteiger partial charge is 0.496 e. The average molecular weight is 449 g/mol. The molecule has 0 N–H and O–H groups in total. The lowest BCUT2D eigenvalue weighted by atomic mass is 10.2. The predicted molar refractivity (Wildman–Crippen MR) is 120 cm³/mol. The minimum atomic E-state index is -0.132. The van der Waals surface area contributed by atoms with Crippen LogP contribution in [0.3, 0.4) is 0 Å². The smallest absolute Gasteiger partial charge is 0.263 e. The lowest BCUT2D eigenvalue weighted by Gasteiger charge is -2.13. The number of nitrogens with zero attached hydrogens (tertiary/aromatic N) is 6. The molecule has 162 valence electrons. The second-order valence-electron chi connectivity index (χ2n) is 7.07. The molecule has 0 aliphatic rings. The van der Waals surface area contributed by atoms with Gasteiger partial charge in [-0.15, -0.1) is 20.4 Å². The molecule has 0 bridgehead atoms. The Morgan fingerprint density at radius 1 is 1.00 bits per heavy atom. The normalized spacial score (nSPS) is 11.4. The van der Waals surface area contributed by atoms with Crippen molar-refractivity contribution in [3.8, 4) is 5.75 Å². The van der Waals surface area contributed by atoms with Gasteiger partial charge in [-0.05, 0) is 18.2 Å². The van der Waals surface area contributed by atoms with Crippen LogP contribution in [0.2, 0.25) is 0 Å². The highest BCUT2D eigenvalue weighted by molar-refractivity contribution is 7.98. The minimum Gasteiger partial charge on any atom is -0.496 e. The van der Waals surface area contributed by atoms with Gasteiger partial charge in [0.25, 0.3) is 5.56 Å². The van der Waals surface area contributed by atoms with Crippen molar-refractivity contribution in [1.29, 1.82) is 0 Å². The molecule has 0 unspecified atom stereocenters. The van der Waals surface area contributed by atoms with Crippen LogP contribution >= 0.6 is 11.8 Å². The number of aryl methyl sites for hydroxylation is 1. The maximum absolute atomic E-state index is 13.4. The molecule has 3 aromatic heterocycles. The lowest BCUT2D eigenvalue weighted by molar-refractivity contribution is 0.408. The van der Waals surface area contributed by atoms with Crippen LogP contribution in [0, 0.1) is 0 Å². The first-order chi connectivity index (χ1) is 15.7. The van der Waals surface area contributed by atoms with Crippen LogP contribution < -0.4 is 10.3 Å². The summed E-state index contributed by atoms with van der Waals surface area (Å²) in [4.78, 5) is 13.4. The van der Waals surface area contributed by atoms with Gasteiger partial charge in [0.15, 0.2) is 5.16 Å². The average Bonchev–Trinajstić information content (AvgIpc) is 3.47. The molecule has 0 fully saturated rings. The monoisotopic (exact) mass is 448 g/mol. The van der Waals surface area contributed by atoms with Crippen molar-refractivity contribution in [2.75, 3.05) is 7.11 Å². The van der Waals surface area contributed by atoms with E-state index in [1.807, 2.05) is 59.9 Å². The molecule has 2 aromatic carbocycles. The Labute approximate surface area is 187 Å². The third-order valence-corrected chi connectivity index (χ3v) is 6.05. The number of hydrogen-bond acceptors (Lipinski definition) is 8. The topological polar surface area (TPSA) is 100 Å². The van der Waals surface area contributed by atoms with Gasteiger partial charge >= 0.3 is 0 Å². The van der Waals surface area contributed by atoms with Gasteiger partial charge < -0.3 is 9.15 Å². The summed E-state index contributed by atoms with van der Waals surface area (Å²) in [6.45, 7) is 2.27. The fraction of sp³-hybridized carbons (Fsp3) is 0.227. The van der Waals surface area contributed by atoms with E-state index in [1.165, 1.54) is 11.8 Å². The summed E-state index contributed by atoms with van der Waals surface area (Å²) in [5.74, 6) is 2.75. The van der Waals surface area contributed by atoms with E-state index in [0.29, 0.717) is 52.6 Å². The van der Waals surface area contributed by atoms with Crippen molar-refractivity contribution in [2.45, 2.75) is 30.8 Å². The predicted octanol–water partition coefficient (Wildman–Crippen LogP) is 3.34. The van der Waals surface area contributed by atoms with Crippen molar-refractivity contribution in [2.24, 2.45) is 0 Å². The van der Waals surface area contributed by atoms with Gasteiger partial charge in [-0.25, -0.2) is 0 Å². The maximum atomic E-state index is 13.4. The van der Waals surface area contributed by atoms with E-state index in [0.717, 1.165) is 11.1 Å². The molecule has 0 spiro atoms. The highest BCUT2D eigenvalue weighted by atomic mass is 32.2. The molecule has 0 aliphatic carbocycles. The molecule has 0 saturated heterocycles. The van der Waals surface area contributed by atoms with E-state index >= 15 is 0 Å². The van der Waals surface area contributed by atoms with Gasteiger partial charge in [-0.3, -0.25) is 13.8 Å². The van der Waals surface area contributed by atoms with E-state index in [-0.39, 0.29) is 5.56 Å². The molecule has 0 aliphatic heterocycles. The summed E-state index contributed by atoms with van der Waals surface area (Å²) in [6.07, 6.45) is 0.686. The van der Waals surface area contributed by atoms with Gasteiger partial charge in [0.2, 0.25) is 17.6 Å². The fourth-order valence-corrected chi connectivity index (χ4v) is 4.37. The van der Waals surface area contributed by atoms with E-state index in [9.17, 15) is 4.79 Å². The molecule has 5 rings (SSSR count). The number of benzene rings is 2. The molecule has 10 heteroatoms. The highest BCUT2D eigenvalue weighted by Gasteiger charge is 2.18. The first kappa shape index (κ1) is 20.3. The van der Waals surface area contributed by atoms with Crippen LogP contribution in [-0.4, -0.2) is 36.5 Å². The minimum absolute atomic E-state index is 0.132. The molecular formula is C22H20N6O3S. The van der Waals surface area contributed by atoms with Gasteiger partial charge in [-0.2, -0.15) is 0 Å². The van der Waals surface area contributed by atoms with E-state index < -0.39 is 0 Å². The van der Waals surface area contributed by atoms with Crippen LogP contribution in [0.15, 0.2) is 62.9 Å². The van der Waals surface area contributed by atoms with Crippen molar-refractivity contribution in [3.05, 3.63) is 76.2 Å². The first-order valence-corrected chi connectivity index (χ1v) is 11.1. The summed E-state index contributed by atoms with van der Waals surface area (Å²) < 4.78 is 14.6. The summed E-state index contributed by atoms with van der Waals surface area (Å²) in [6, 6.07) is 15.1. The Hall–Kier alpha value is -3.66. The SMILES string of the molecule is CCc1nnc(CSc2nnc3n(Cc4ccccc4OC)c(=O)c4ccccc4n23)o1. The Morgan fingerprint density at radius 3 is 2.59 bits per heavy atom. The number of fused-ring (bicyclic) bond motifs is 3. The second-order valence-corrected chi connectivity index (χ2v) is 8.01. The number of hydrogen-bond donors (Lipinski definition) is 0. The molecule has 0 saturated carbocycles. The van der Waals surface area contributed by atoms with Gasteiger partial charge in [0.05, 0.1) is 30.3 Å². The molecule has 3 heterocycles. The van der Waals surface area contributed by atoms with Crippen molar-refractivity contribution >= 4 is 28.4 Å².